The summed E-state index contributed by atoms with van der Waals surface area (Å²) < 4.78 is 42.7. The summed E-state index contributed by atoms with van der Waals surface area (Å²) in [4.78, 5) is 26.2. The number of esters is 2. The summed E-state index contributed by atoms with van der Waals surface area (Å²) in [6.45, 7) is 5.06. The standard InChI is InChI=1S/C23H26O7S/c1-5-29-21(24)23(22(25)30-6-2)19(16-9-11-17(28-4)12-10-16)20(23)31(26,27)18-13-7-15(3)8-14-18/h7-14,19-20H,5-6H2,1-4H3. The molecule has 1 fully saturated rings. The molecule has 0 radical (unpaired) electrons. The van der Waals surface area contributed by atoms with E-state index >= 15 is 0 Å². The lowest BCUT2D eigenvalue weighted by atomic mass is 9.99. The second-order valence-corrected chi connectivity index (χ2v) is 9.41. The molecule has 2 aromatic carbocycles. The molecule has 2 atom stereocenters. The molecule has 0 saturated heterocycles. The molecular weight excluding hydrogens is 420 g/mol. The number of sulfone groups is 1. The molecule has 2 aromatic rings. The average Bonchev–Trinajstić information content (AvgIpc) is 3.47. The van der Waals surface area contributed by atoms with E-state index in [1.807, 2.05) is 6.92 Å². The van der Waals surface area contributed by atoms with Crippen LogP contribution < -0.4 is 4.74 Å². The van der Waals surface area contributed by atoms with Crippen molar-refractivity contribution < 1.29 is 32.2 Å². The van der Waals surface area contributed by atoms with E-state index in [0.717, 1.165) is 5.56 Å². The quantitative estimate of drug-likeness (QED) is 0.454. The van der Waals surface area contributed by atoms with Crippen molar-refractivity contribution in [3.63, 3.8) is 0 Å². The predicted octanol–water partition coefficient (Wildman–Crippen LogP) is 3.06. The van der Waals surface area contributed by atoms with Crippen LogP contribution in [0.15, 0.2) is 53.4 Å². The van der Waals surface area contributed by atoms with E-state index in [1.165, 1.54) is 19.2 Å². The van der Waals surface area contributed by atoms with E-state index < -0.39 is 38.4 Å². The molecule has 8 heteroatoms. The molecule has 1 aliphatic carbocycles. The number of aryl methyl sites for hydroxylation is 1. The predicted molar refractivity (Wildman–Crippen MR) is 114 cm³/mol. The van der Waals surface area contributed by atoms with E-state index in [9.17, 15) is 18.0 Å². The number of methoxy groups -OCH3 is 1. The Balaban J connectivity index is 2.18. The number of ether oxygens (including phenoxy) is 3. The van der Waals surface area contributed by atoms with Crippen molar-refractivity contribution in [3.05, 3.63) is 59.7 Å². The minimum atomic E-state index is -4.06. The monoisotopic (exact) mass is 446 g/mol. The van der Waals surface area contributed by atoms with Crippen molar-refractivity contribution in [1.29, 1.82) is 0 Å². The van der Waals surface area contributed by atoms with Gasteiger partial charge in [0, 0.05) is 5.92 Å². The molecule has 0 heterocycles. The van der Waals surface area contributed by atoms with Crippen molar-refractivity contribution in [2.45, 2.75) is 36.8 Å². The topological polar surface area (TPSA) is 96.0 Å². The first kappa shape index (κ1) is 22.8. The van der Waals surface area contributed by atoms with E-state index in [2.05, 4.69) is 0 Å². The van der Waals surface area contributed by atoms with Gasteiger partial charge in [-0.25, -0.2) is 8.42 Å². The molecular formula is C23H26O7S. The highest BCUT2D eigenvalue weighted by Crippen LogP contribution is 2.65. The molecule has 2 unspecified atom stereocenters. The zero-order valence-electron chi connectivity index (χ0n) is 18.0. The van der Waals surface area contributed by atoms with Gasteiger partial charge in [0.1, 0.15) is 11.0 Å². The number of hydrogen-bond donors (Lipinski definition) is 0. The van der Waals surface area contributed by atoms with Crippen LogP contribution in [0.25, 0.3) is 0 Å². The third kappa shape index (κ3) is 3.80. The lowest BCUT2D eigenvalue weighted by Gasteiger charge is -2.15. The molecule has 0 amide bonds. The van der Waals surface area contributed by atoms with Crippen LogP contribution in [0, 0.1) is 12.3 Å². The third-order valence-electron chi connectivity index (χ3n) is 5.52. The van der Waals surface area contributed by atoms with Gasteiger partial charge in [-0.3, -0.25) is 9.59 Å². The Morgan fingerprint density at radius 2 is 1.42 bits per heavy atom. The maximum Gasteiger partial charge on any atom is 0.325 e. The van der Waals surface area contributed by atoms with Crippen LogP contribution in [0.2, 0.25) is 0 Å². The maximum absolute atomic E-state index is 13.6. The Labute approximate surface area is 182 Å². The summed E-state index contributed by atoms with van der Waals surface area (Å²) >= 11 is 0. The van der Waals surface area contributed by atoms with Crippen LogP contribution in [-0.4, -0.2) is 45.9 Å². The summed E-state index contributed by atoms with van der Waals surface area (Å²) in [5.74, 6) is -2.16. The first-order chi connectivity index (χ1) is 14.7. The summed E-state index contributed by atoms with van der Waals surface area (Å²) in [5, 5.41) is -1.34. The third-order valence-corrected chi connectivity index (χ3v) is 7.76. The molecule has 0 N–H and O–H groups in total. The molecule has 7 nitrogen and oxygen atoms in total. The minimum absolute atomic E-state index is 0.00657. The van der Waals surface area contributed by atoms with Gasteiger partial charge in [0.15, 0.2) is 15.3 Å². The van der Waals surface area contributed by atoms with Crippen LogP contribution in [-0.2, 0) is 28.9 Å². The van der Waals surface area contributed by atoms with Crippen LogP contribution in [0.3, 0.4) is 0 Å². The van der Waals surface area contributed by atoms with E-state index in [-0.39, 0.29) is 18.1 Å². The number of hydrogen-bond acceptors (Lipinski definition) is 7. The molecule has 0 aromatic heterocycles. The molecule has 0 bridgehead atoms. The van der Waals surface area contributed by atoms with Crippen LogP contribution in [0.4, 0.5) is 0 Å². The fraction of sp³-hybridized carbons (Fsp3) is 0.391. The van der Waals surface area contributed by atoms with Crippen molar-refractivity contribution >= 4 is 21.8 Å². The van der Waals surface area contributed by atoms with E-state index in [0.29, 0.717) is 11.3 Å². The lowest BCUT2D eigenvalue weighted by molar-refractivity contribution is -0.164. The molecule has 1 saturated carbocycles. The molecule has 0 aliphatic heterocycles. The zero-order valence-corrected chi connectivity index (χ0v) is 18.8. The van der Waals surface area contributed by atoms with Crippen LogP contribution in [0.1, 0.15) is 30.9 Å². The Morgan fingerprint density at radius 1 is 0.903 bits per heavy atom. The fourth-order valence-electron chi connectivity index (χ4n) is 3.97. The highest BCUT2D eigenvalue weighted by atomic mass is 32.2. The second-order valence-electron chi connectivity index (χ2n) is 7.34. The van der Waals surface area contributed by atoms with Gasteiger partial charge in [-0.05, 0) is 50.6 Å². The van der Waals surface area contributed by atoms with Crippen molar-refractivity contribution in [3.8, 4) is 5.75 Å². The Morgan fingerprint density at radius 3 is 1.87 bits per heavy atom. The highest BCUT2D eigenvalue weighted by molar-refractivity contribution is 7.92. The van der Waals surface area contributed by atoms with Crippen LogP contribution in [0.5, 0.6) is 5.75 Å². The normalized spacial score (nSPS) is 19.4. The summed E-state index contributed by atoms with van der Waals surface area (Å²) in [5.41, 5.74) is -0.560. The van der Waals surface area contributed by atoms with Crippen LogP contribution >= 0.6 is 0 Å². The summed E-state index contributed by atoms with van der Waals surface area (Å²) in [6, 6.07) is 12.9. The molecule has 31 heavy (non-hydrogen) atoms. The van der Waals surface area contributed by atoms with Crippen molar-refractivity contribution in [2.24, 2.45) is 5.41 Å². The zero-order chi connectivity index (χ0) is 22.8. The highest BCUT2D eigenvalue weighted by Gasteiger charge is 2.81. The second kappa shape index (κ2) is 8.70. The number of rotatable bonds is 8. The molecule has 1 aliphatic rings. The van der Waals surface area contributed by atoms with Gasteiger partial charge in [0.2, 0.25) is 0 Å². The van der Waals surface area contributed by atoms with Gasteiger partial charge < -0.3 is 14.2 Å². The van der Waals surface area contributed by atoms with Gasteiger partial charge >= 0.3 is 11.9 Å². The SMILES string of the molecule is CCOC(=O)C1(C(=O)OCC)C(c2ccc(OC)cc2)C1S(=O)(=O)c1ccc(C)cc1. The van der Waals surface area contributed by atoms with Gasteiger partial charge in [-0.1, -0.05) is 29.8 Å². The minimum Gasteiger partial charge on any atom is -0.497 e. The Kier molecular flexibility index (Phi) is 6.40. The Hall–Kier alpha value is -2.87. The smallest absolute Gasteiger partial charge is 0.325 e. The summed E-state index contributed by atoms with van der Waals surface area (Å²) in [7, 11) is -2.55. The maximum atomic E-state index is 13.6. The molecule has 0 spiro atoms. The summed E-state index contributed by atoms with van der Waals surface area (Å²) in [6.07, 6.45) is 0. The first-order valence-electron chi connectivity index (χ1n) is 10.0. The largest absolute Gasteiger partial charge is 0.497 e. The van der Waals surface area contributed by atoms with Gasteiger partial charge in [0.25, 0.3) is 0 Å². The lowest BCUT2D eigenvalue weighted by Crippen LogP contribution is -2.35. The van der Waals surface area contributed by atoms with Crippen molar-refractivity contribution in [2.75, 3.05) is 20.3 Å². The number of benzene rings is 2. The van der Waals surface area contributed by atoms with E-state index in [1.54, 1.807) is 50.2 Å². The first-order valence-corrected chi connectivity index (χ1v) is 11.6. The van der Waals surface area contributed by atoms with Gasteiger partial charge in [-0.2, -0.15) is 0 Å². The van der Waals surface area contributed by atoms with Crippen molar-refractivity contribution in [1.82, 2.24) is 0 Å². The molecule has 3 rings (SSSR count). The number of carbonyl (C=O) groups is 2. The molecule has 166 valence electrons. The average molecular weight is 447 g/mol. The van der Waals surface area contributed by atoms with E-state index in [4.69, 9.17) is 14.2 Å². The Bertz CT molecular complexity index is 1040. The van der Waals surface area contributed by atoms with Gasteiger partial charge in [-0.15, -0.1) is 0 Å². The fourth-order valence-corrected chi connectivity index (χ4v) is 6.26. The number of carbonyl (C=O) groups excluding carboxylic acids is 2. The van der Waals surface area contributed by atoms with Gasteiger partial charge in [0.05, 0.1) is 25.2 Å².